The molecular formula is C27H36N4O4. The zero-order valence-electron chi connectivity index (χ0n) is 20.7. The first-order valence-corrected chi connectivity index (χ1v) is 12.5. The number of hydrogen-bond acceptors (Lipinski definition) is 6. The molecule has 1 heterocycles. The predicted octanol–water partition coefficient (Wildman–Crippen LogP) is 3.53. The summed E-state index contributed by atoms with van der Waals surface area (Å²) < 4.78 is 10.6. The lowest BCUT2D eigenvalue weighted by molar-refractivity contribution is -0.122. The van der Waals surface area contributed by atoms with Crippen LogP contribution in [0.2, 0.25) is 0 Å². The smallest absolute Gasteiger partial charge is 0.253 e. The van der Waals surface area contributed by atoms with Crippen molar-refractivity contribution < 1.29 is 19.1 Å². The van der Waals surface area contributed by atoms with Crippen molar-refractivity contribution in [2.45, 2.75) is 25.7 Å². The molecular weight excluding hydrogens is 444 g/mol. The maximum atomic E-state index is 13.2. The van der Waals surface area contributed by atoms with Gasteiger partial charge in [0.2, 0.25) is 5.91 Å². The minimum absolute atomic E-state index is 0.0425. The number of anilines is 3. The van der Waals surface area contributed by atoms with Crippen LogP contribution in [0.5, 0.6) is 5.75 Å². The SMILES string of the molecule is COCCCNC(=O)c1cc(NC(=O)C2CCC2)ccc1N1CCN(c2ccccc2OC)CC1. The van der Waals surface area contributed by atoms with E-state index in [2.05, 4.69) is 26.5 Å². The number of benzene rings is 2. The minimum atomic E-state index is -0.136. The first-order valence-electron chi connectivity index (χ1n) is 12.5. The number of amides is 2. The van der Waals surface area contributed by atoms with Gasteiger partial charge in [0.15, 0.2) is 0 Å². The van der Waals surface area contributed by atoms with E-state index in [1.54, 1.807) is 14.2 Å². The normalized spacial score (nSPS) is 15.9. The molecule has 2 aromatic carbocycles. The lowest BCUT2D eigenvalue weighted by atomic mass is 9.85. The van der Waals surface area contributed by atoms with Crippen molar-refractivity contribution in [3.63, 3.8) is 0 Å². The van der Waals surface area contributed by atoms with Gasteiger partial charge in [0.25, 0.3) is 5.91 Å². The molecule has 35 heavy (non-hydrogen) atoms. The monoisotopic (exact) mass is 480 g/mol. The van der Waals surface area contributed by atoms with Gasteiger partial charge in [0.1, 0.15) is 5.75 Å². The van der Waals surface area contributed by atoms with E-state index in [9.17, 15) is 9.59 Å². The topological polar surface area (TPSA) is 83.1 Å². The summed E-state index contributed by atoms with van der Waals surface area (Å²) in [6, 6.07) is 13.7. The van der Waals surface area contributed by atoms with Crippen LogP contribution in [-0.2, 0) is 9.53 Å². The fourth-order valence-electron chi connectivity index (χ4n) is 4.58. The maximum absolute atomic E-state index is 13.2. The largest absolute Gasteiger partial charge is 0.495 e. The fourth-order valence-corrected chi connectivity index (χ4v) is 4.58. The van der Waals surface area contributed by atoms with E-state index in [-0.39, 0.29) is 17.7 Å². The summed E-state index contributed by atoms with van der Waals surface area (Å²) in [4.78, 5) is 30.2. The van der Waals surface area contributed by atoms with Crippen molar-refractivity contribution in [1.29, 1.82) is 0 Å². The van der Waals surface area contributed by atoms with Gasteiger partial charge in [0, 0.05) is 63.7 Å². The molecule has 0 aromatic heterocycles. The number of carbonyl (C=O) groups is 2. The van der Waals surface area contributed by atoms with Crippen molar-refractivity contribution in [2.24, 2.45) is 5.92 Å². The molecule has 0 unspecified atom stereocenters. The van der Waals surface area contributed by atoms with E-state index in [0.29, 0.717) is 24.4 Å². The van der Waals surface area contributed by atoms with Gasteiger partial charge in [-0.15, -0.1) is 0 Å². The molecule has 2 fully saturated rings. The number of hydrogen-bond donors (Lipinski definition) is 2. The maximum Gasteiger partial charge on any atom is 0.253 e. The Kier molecular flexibility index (Phi) is 8.47. The zero-order chi connectivity index (χ0) is 24.6. The molecule has 1 aliphatic carbocycles. The van der Waals surface area contributed by atoms with Crippen LogP contribution in [0.15, 0.2) is 42.5 Å². The average molecular weight is 481 g/mol. The number of para-hydroxylation sites is 2. The number of ether oxygens (including phenoxy) is 2. The summed E-state index contributed by atoms with van der Waals surface area (Å²) in [7, 11) is 3.34. The Bertz CT molecular complexity index is 1020. The van der Waals surface area contributed by atoms with Gasteiger partial charge in [-0.2, -0.15) is 0 Å². The van der Waals surface area contributed by atoms with Crippen LogP contribution in [0.1, 0.15) is 36.0 Å². The highest BCUT2D eigenvalue weighted by Crippen LogP contribution is 2.32. The van der Waals surface area contributed by atoms with Crippen molar-refractivity contribution >= 4 is 28.9 Å². The number of nitrogens with zero attached hydrogens (tertiary/aromatic N) is 2. The first-order chi connectivity index (χ1) is 17.1. The van der Waals surface area contributed by atoms with Crippen LogP contribution in [0.25, 0.3) is 0 Å². The molecule has 0 bridgehead atoms. The quantitative estimate of drug-likeness (QED) is 0.507. The Morgan fingerprint density at radius 1 is 0.971 bits per heavy atom. The molecule has 1 saturated heterocycles. The third-order valence-corrected chi connectivity index (χ3v) is 6.84. The van der Waals surface area contributed by atoms with E-state index in [1.165, 1.54) is 0 Å². The lowest BCUT2D eigenvalue weighted by Crippen LogP contribution is -2.47. The van der Waals surface area contributed by atoms with Crippen molar-refractivity contribution in [1.82, 2.24) is 5.32 Å². The fraction of sp³-hybridized carbons (Fsp3) is 0.481. The predicted molar refractivity (Wildman–Crippen MR) is 139 cm³/mol. The van der Waals surface area contributed by atoms with Crippen LogP contribution in [-0.4, -0.2) is 65.4 Å². The molecule has 188 valence electrons. The van der Waals surface area contributed by atoms with Crippen molar-refractivity contribution in [3.8, 4) is 5.75 Å². The van der Waals surface area contributed by atoms with E-state index in [1.807, 2.05) is 36.4 Å². The van der Waals surface area contributed by atoms with Gasteiger partial charge in [-0.3, -0.25) is 9.59 Å². The van der Waals surface area contributed by atoms with Gasteiger partial charge < -0.3 is 29.9 Å². The van der Waals surface area contributed by atoms with Gasteiger partial charge in [-0.1, -0.05) is 18.6 Å². The van der Waals surface area contributed by atoms with E-state index < -0.39 is 0 Å². The van der Waals surface area contributed by atoms with Crippen molar-refractivity contribution in [2.75, 3.05) is 68.7 Å². The van der Waals surface area contributed by atoms with E-state index in [0.717, 1.165) is 69.0 Å². The number of carbonyl (C=O) groups excluding carboxylic acids is 2. The summed E-state index contributed by atoms with van der Waals surface area (Å²) in [5.41, 5.74) is 3.22. The highest BCUT2D eigenvalue weighted by atomic mass is 16.5. The summed E-state index contributed by atoms with van der Waals surface area (Å²) >= 11 is 0. The summed E-state index contributed by atoms with van der Waals surface area (Å²) in [5.74, 6) is 0.858. The highest BCUT2D eigenvalue weighted by molar-refractivity contribution is 6.02. The van der Waals surface area contributed by atoms with Crippen LogP contribution in [0.3, 0.4) is 0 Å². The Balaban J connectivity index is 1.49. The Morgan fingerprint density at radius 3 is 2.34 bits per heavy atom. The lowest BCUT2D eigenvalue weighted by Gasteiger charge is -2.38. The highest BCUT2D eigenvalue weighted by Gasteiger charge is 2.27. The minimum Gasteiger partial charge on any atom is -0.495 e. The van der Waals surface area contributed by atoms with Gasteiger partial charge in [-0.05, 0) is 49.6 Å². The second kappa shape index (κ2) is 11.9. The molecule has 2 aliphatic rings. The summed E-state index contributed by atoms with van der Waals surface area (Å²) in [6.45, 7) is 4.30. The van der Waals surface area contributed by atoms with Gasteiger partial charge in [0.05, 0.1) is 18.4 Å². The number of nitrogens with one attached hydrogen (secondary N) is 2. The molecule has 4 rings (SSSR count). The first kappa shape index (κ1) is 24.9. The molecule has 2 aromatic rings. The second-order valence-corrected chi connectivity index (χ2v) is 9.10. The third-order valence-electron chi connectivity index (χ3n) is 6.84. The van der Waals surface area contributed by atoms with E-state index in [4.69, 9.17) is 9.47 Å². The molecule has 2 N–H and O–H groups in total. The molecule has 0 atom stereocenters. The summed E-state index contributed by atoms with van der Waals surface area (Å²) in [6.07, 6.45) is 3.72. The van der Waals surface area contributed by atoms with Crippen LogP contribution in [0, 0.1) is 5.92 Å². The number of methoxy groups -OCH3 is 2. The molecule has 1 saturated carbocycles. The van der Waals surface area contributed by atoms with Crippen LogP contribution < -0.4 is 25.2 Å². The number of rotatable bonds is 10. The standard InChI is InChI=1S/C27H36N4O4/c1-34-18-6-13-28-27(33)22-19-21(29-26(32)20-7-5-8-20)11-12-23(22)30-14-16-31(17-15-30)24-9-3-4-10-25(24)35-2/h3-4,9-12,19-20H,5-8,13-18H2,1-2H3,(H,28,33)(H,29,32). The average Bonchev–Trinajstić information content (AvgIpc) is 2.85. The molecule has 8 nitrogen and oxygen atoms in total. The van der Waals surface area contributed by atoms with Gasteiger partial charge in [-0.25, -0.2) is 0 Å². The molecule has 8 heteroatoms. The molecule has 0 radical (unpaired) electrons. The van der Waals surface area contributed by atoms with Crippen LogP contribution >= 0.6 is 0 Å². The van der Waals surface area contributed by atoms with E-state index >= 15 is 0 Å². The Hall–Kier alpha value is -3.26. The van der Waals surface area contributed by atoms with Crippen molar-refractivity contribution in [3.05, 3.63) is 48.0 Å². The summed E-state index contributed by atoms with van der Waals surface area (Å²) in [5, 5.41) is 6.01. The van der Waals surface area contributed by atoms with Gasteiger partial charge >= 0.3 is 0 Å². The second-order valence-electron chi connectivity index (χ2n) is 9.10. The Labute approximate surface area is 207 Å². The van der Waals surface area contributed by atoms with Crippen LogP contribution in [0.4, 0.5) is 17.1 Å². The molecule has 1 aliphatic heterocycles. The third kappa shape index (κ3) is 6.06. The number of piperazine rings is 1. The Morgan fingerprint density at radius 2 is 1.69 bits per heavy atom. The molecule has 0 spiro atoms. The molecule has 2 amide bonds. The zero-order valence-corrected chi connectivity index (χ0v) is 20.7.